The SMILES string of the molecule is O=P(c1cn(C2CCCCC2)nn1)(c1cn(C2CCCCC2)nn1)c1cn(C2CCCCC2)nn1. The summed E-state index contributed by atoms with van der Waals surface area (Å²) in [4.78, 5) is 0. The second-order valence-electron chi connectivity index (χ2n) is 10.7. The summed E-state index contributed by atoms with van der Waals surface area (Å²) in [6.45, 7) is 0. The topological polar surface area (TPSA) is 109 Å². The Bertz CT molecular complexity index is 1020. The van der Waals surface area contributed by atoms with Gasteiger partial charge in [0.25, 0.3) is 0 Å². The molecule has 0 bridgehead atoms. The Balaban J connectivity index is 1.37. The van der Waals surface area contributed by atoms with E-state index in [0.717, 1.165) is 38.5 Å². The Kier molecular flexibility index (Phi) is 6.56. The number of aromatic nitrogens is 9. The molecule has 3 aromatic rings. The van der Waals surface area contributed by atoms with Crippen LogP contribution in [0.3, 0.4) is 0 Å². The fraction of sp³-hybridized carbons (Fsp3) is 0.750. The fourth-order valence-corrected chi connectivity index (χ4v) is 8.20. The molecular weight excluding hydrogens is 461 g/mol. The lowest BCUT2D eigenvalue weighted by molar-refractivity contribution is 0.324. The van der Waals surface area contributed by atoms with Crippen LogP contribution in [-0.4, -0.2) is 45.0 Å². The van der Waals surface area contributed by atoms with Crippen LogP contribution in [0.4, 0.5) is 0 Å². The molecule has 3 saturated carbocycles. The maximum atomic E-state index is 15.0. The Labute approximate surface area is 206 Å². The highest BCUT2D eigenvalue weighted by atomic mass is 31.2. The van der Waals surface area contributed by atoms with Gasteiger partial charge in [-0.05, 0) is 38.5 Å². The summed E-state index contributed by atoms with van der Waals surface area (Å²) in [6, 6.07) is 0.942. The summed E-state index contributed by atoms with van der Waals surface area (Å²) in [6.07, 6.45) is 23.1. The van der Waals surface area contributed by atoms with Gasteiger partial charge in [-0.25, -0.2) is 14.0 Å². The minimum atomic E-state index is -3.45. The molecule has 6 rings (SSSR count). The predicted molar refractivity (Wildman–Crippen MR) is 133 cm³/mol. The number of rotatable bonds is 6. The molecule has 11 heteroatoms. The van der Waals surface area contributed by atoms with E-state index in [1.807, 2.05) is 32.6 Å². The van der Waals surface area contributed by atoms with Crippen LogP contribution >= 0.6 is 7.14 Å². The van der Waals surface area contributed by atoms with Crippen molar-refractivity contribution in [3.05, 3.63) is 18.6 Å². The van der Waals surface area contributed by atoms with Crippen molar-refractivity contribution < 1.29 is 4.57 Å². The summed E-state index contributed by atoms with van der Waals surface area (Å²) in [5, 5.41) is 26.7. The van der Waals surface area contributed by atoms with E-state index in [2.05, 4.69) is 30.9 Å². The standard InChI is InChI=1S/C24H36N9OP/c34-35(22-16-31(28-25-22)19-10-4-1-5-11-19,23-17-32(29-26-23)20-12-6-2-7-13-20)24-18-33(30-27-24)21-14-8-3-9-15-21/h16-21H,1-15H2. The summed E-state index contributed by atoms with van der Waals surface area (Å²) in [5.74, 6) is 0. The van der Waals surface area contributed by atoms with E-state index in [9.17, 15) is 4.57 Å². The largest absolute Gasteiger partial charge is 0.303 e. The quantitative estimate of drug-likeness (QED) is 0.479. The maximum absolute atomic E-state index is 15.0. The summed E-state index contributed by atoms with van der Waals surface area (Å²) in [5.41, 5.74) is 1.32. The molecule has 0 radical (unpaired) electrons. The van der Waals surface area contributed by atoms with E-state index in [0.29, 0.717) is 34.4 Å². The zero-order valence-corrected chi connectivity index (χ0v) is 21.3. The van der Waals surface area contributed by atoms with Gasteiger partial charge < -0.3 is 4.57 Å². The molecule has 0 spiro atoms. The average Bonchev–Trinajstić information content (AvgIpc) is 3.71. The second kappa shape index (κ2) is 9.96. The van der Waals surface area contributed by atoms with Crippen molar-refractivity contribution >= 4 is 23.4 Å². The zero-order chi connectivity index (χ0) is 23.7. The summed E-state index contributed by atoms with van der Waals surface area (Å²) >= 11 is 0. The van der Waals surface area contributed by atoms with Crippen molar-refractivity contribution in [3.63, 3.8) is 0 Å². The molecule has 3 aliphatic rings. The van der Waals surface area contributed by atoms with Crippen LogP contribution in [-0.2, 0) is 4.57 Å². The molecule has 3 fully saturated rings. The van der Waals surface area contributed by atoms with Crippen molar-refractivity contribution in [1.29, 1.82) is 0 Å². The van der Waals surface area contributed by atoms with Gasteiger partial charge in [-0.15, -0.1) is 15.3 Å². The lowest BCUT2D eigenvalue weighted by Gasteiger charge is -2.21. The zero-order valence-electron chi connectivity index (χ0n) is 20.5. The first-order valence-corrected chi connectivity index (χ1v) is 15.3. The van der Waals surface area contributed by atoms with Crippen molar-refractivity contribution in [3.8, 4) is 0 Å². The van der Waals surface area contributed by atoms with Gasteiger partial charge in [-0.2, -0.15) is 0 Å². The fourth-order valence-electron chi connectivity index (χ4n) is 6.16. The van der Waals surface area contributed by atoms with Gasteiger partial charge in [0.1, 0.15) is 0 Å². The molecule has 0 N–H and O–H groups in total. The third-order valence-corrected chi connectivity index (χ3v) is 10.9. The highest BCUT2D eigenvalue weighted by Gasteiger charge is 2.40. The third kappa shape index (κ3) is 4.50. The first kappa shape index (κ1) is 23.1. The lowest BCUT2D eigenvalue weighted by atomic mass is 9.96. The summed E-state index contributed by atoms with van der Waals surface area (Å²) < 4.78 is 20.7. The minimum absolute atomic E-state index is 0.314. The monoisotopic (exact) mass is 497 g/mol. The number of hydrogen-bond donors (Lipinski definition) is 0. The van der Waals surface area contributed by atoms with Crippen LogP contribution in [0.2, 0.25) is 0 Å². The Morgan fingerprint density at radius 3 is 1.09 bits per heavy atom. The maximum Gasteiger partial charge on any atom is 0.233 e. The van der Waals surface area contributed by atoms with Gasteiger partial charge >= 0.3 is 0 Å². The summed E-state index contributed by atoms with van der Waals surface area (Å²) in [7, 11) is -3.45. The van der Waals surface area contributed by atoms with Crippen LogP contribution in [0.25, 0.3) is 0 Å². The van der Waals surface area contributed by atoms with Crippen molar-refractivity contribution in [2.45, 2.75) is 114 Å². The Hall–Kier alpha value is -2.35. The number of nitrogens with zero attached hydrogens (tertiary/aromatic N) is 9. The van der Waals surface area contributed by atoms with Gasteiger partial charge in [-0.3, -0.25) is 0 Å². The molecule has 0 amide bonds. The van der Waals surface area contributed by atoms with Crippen LogP contribution in [0.1, 0.15) is 114 Å². The molecule has 0 aromatic carbocycles. The Morgan fingerprint density at radius 1 is 0.514 bits per heavy atom. The van der Waals surface area contributed by atoms with Gasteiger partial charge in [0.15, 0.2) is 16.3 Å². The van der Waals surface area contributed by atoms with E-state index in [1.54, 1.807) is 0 Å². The van der Waals surface area contributed by atoms with Crippen molar-refractivity contribution in [2.24, 2.45) is 0 Å². The number of hydrogen-bond acceptors (Lipinski definition) is 7. The Morgan fingerprint density at radius 2 is 0.800 bits per heavy atom. The van der Waals surface area contributed by atoms with Gasteiger partial charge in [0.2, 0.25) is 7.14 Å². The van der Waals surface area contributed by atoms with Crippen molar-refractivity contribution in [1.82, 2.24) is 45.0 Å². The van der Waals surface area contributed by atoms with Crippen LogP contribution in [0, 0.1) is 0 Å². The van der Waals surface area contributed by atoms with Gasteiger partial charge in [0.05, 0.1) is 36.7 Å². The third-order valence-electron chi connectivity index (χ3n) is 8.31. The second-order valence-corrected chi connectivity index (χ2v) is 13.2. The average molecular weight is 498 g/mol. The van der Waals surface area contributed by atoms with E-state index >= 15 is 0 Å². The van der Waals surface area contributed by atoms with E-state index < -0.39 is 7.14 Å². The highest BCUT2D eigenvalue weighted by molar-refractivity contribution is 7.84. The molecule has 3 aliphatic carbocycles. The molecule has 3 aromatic heterocycles. The lowest BCUT2D eigenvalue weighted by Crippen LogP contribution is -2.28. The normalized spacial score (nSPS) is 21.5. The molecule has 10 nitrogen and oxygen atoms in total. The van der Waals surface area contributed by atoms with Crippen LogP contribution in [0.5, 0.6) is 0 Å². The first-order chi connectivity index (χ1) is 17.2. The molecule has 0 atom stereocenters. The molecule has 0 aliphatic heterocycles. The van der Waals surface area contributed by atoms with Crippen LogP contribution < -0.4 is 16.3 Å². The highest BCUT2D eigenvalue weighted by Crippen LogP contribution is 2.41. The van der Waals surface area contributed by atoms with E-state index in [1.165, 1.54) is 57.8 Å². The first-order valence-electron chi connectivity index (χ1n) is 13.6. The molecular formula is C24H36N9OP. The van der Waals surface area contributed by atoms with Crippen LogP contribution in [0.15, 0.2) is 18.6 Å². The van der Waals surface area contributed by atoms with E-state index in [-0.39, 0.29) is 0 Å². The minimum Gasteiger partial charge on any atom is -0.303 e. The van der Waals surface area contributed by atoms with Gasteiger partial charge in [-0.1, -0.05) is 73.4 Å². The smallest absolute Gasteiger partial charge is 0.233 e. The predicted octanol–water partition coefficient (Wildman–Crippen LogP) is 3.62. The molecule has 0 unspecified atom stereocenters. The molecule has 3 heterocycles. The van der Waals surface area contributed by atoms with E-state index in [4.69, 9.17) is 0 Å². The molecule has 0 saturated heterocycles. The molecule has 35 heavy (non-hydrogen) atoms. The van der Waals surface area contributed by atoms with Crippen molar-refractivity contribution in [2.75, 3.05) is 0 Å². The molecule has 188 valence electrons. The van der Waals surface area contributed by atoms with Gasteiger partial charge in [0, 0.05) is 0 Å².